The third-order valence-corrected chi connectivity index (χ3v) is 3.53. The smallest absolute Gasteiger partial charge is 0.122 e. The van der Waals surface area contributed by atoms with Gasteiger partial charge in [-0.25, -0.2) is 4.98 Å². The van der Waals surface area contributed by atoms with Crippen LogP contribution in [-0.4, -0.2) is 53.8 Å². The number of hydrogen-bond donors (Lipinski definition) is 1. The van der Waals surface area contributed by atoms with Crippen LogP contribution >= 0.6 is 0 Å². The maximum atomic E-state index is 5.32. The molecule has 0 unspecified atom stereocenters. The molecule has 108 valence electrons. The average Bonchev–Trinajstić information content (AvgIpc) is 2.89. The highest BCUT2D eigenvalue weighted by molar-refractivity contribution is 4.95. The SMILES string of the molecule is CCOCCCCNCCN1CCn2ccnc2C1. The summed E-state index contributed by atoms with van der Waals surface area (Å²) in [6.45, 7) is 10.2. The molecule has 0 amide bonds. The third-order valence-electron chi connectivity index (χ3n) is 3.53. The van der Waals surface area contributed by atoms with Crippen LogP contribution < -0.4 is 5.32 Å². The van der Waals surface area contributed by atoms with Gasteiger partial charge in [-0.1, -0.05) is 0 Å². The molecule has 0 atom stereocenters. The van der Waals surface area contributed by atoms with Crippen molar-refractivity contribution >= 4 is 0 Å². The van der Waals surface area contributed by atoms with Gasteiger partial charge in [-0.05, 0) is 26.3 Å². The molecule has 0 fully saturated rings. The Morgan fingerprint density at radius 2 is 2.26 bits per heavy atom. The first-order valence-corrected chi connectivity index (χ1v) is 7.41. The van der Waals surface area contributed by atoms with E-state index in [2.05, 4.69) is 26.0 Å². The molecule has 0 radical (unpaired) electrons. The van der Waals surface area contributed by atoms with Crippen LogP contribution in [0.3, 0.4) is 0 Å². The number of ether oxygens (including phenoxy) is 1. The van der Waals surface area contributed by atoms with Gasteiger partial charge in [0, 0.05) is 51.8 Å². The van der Waals surface area contributed by atoms with Crippen molar-refractivity contribution in [2.45, 2.75) is 32.9 Å². The van der Waals surface area contributed by atoms with Crippen LogP contribution in [-0.2, 0) is 17.8 Å². The summed E-state index contributed by atoms with van der Waals surface area (Å²) in [5, 5.41) is 3.50. The Morgan fingerprint density at radius 1 is 1.32 bits per heavy atom. The van der Waals surface area contributed by atoms with Gasteiger partial charge in [0.2, 0.25) is 0 Å². The first-order valence-electron chi connectivity index (χ1n) is 7.41. The molecule has 1 N–H and O–H groups in total. The predicted molar refractivity (Wildman–Crippen MR) is 76.1 cm³/mol. The largest absolute Gasteiger partial charge is 0.382 e. The summed E-state index contributed by atoms with van der Waals surface area (Å²) in [7, 11) is 0. The van der Waals surface area contributed by atoms with Crippen LogP contribution in [0.1, 0.15) is 25.6 Å². The Bertz CT molecular complexity index is 353. The van der Waals surface area contributed by atoms with Crippen molar-refractivity contribution < 1.29 is 4.74 Å². The number of hydrogen-bond acceptors (Lipinski definition) is 4. The summed E-state index contributed by atoms with van der Waals surface area (Å²) < 4.78 is 7.56. The number of unbranched alkanes of at least 4 members (excludes halogenated alkanes) is 1. The first-order chi connectivity index (χ1) is 9.40. The maximum absolute atomic E-state index is 5.32. The minimum Gasteiger partial charge on any atom is -0.382 e. The number of imidazole rings is 1. The van der Waals surface area contributed by atoms with Gasteiger partial charge >= 0.3 is 0 Å². The molecule has 2 rings (SSSR count). The fraction of sp³-hybridized carbons (Fsp3) is 0.786. The second-order valence-corrected chi connectivity index (χ2v) is 4.97. The zero-order chi connectivity index (χ0) is 13.3. The van der Waals surface area contributed by atoms with Crippen LogP contribution in [0.15, 0.2) is 12.4 Å². The number of nitrogens with one attached hydrogen (secondary N) is 1. The topological polar surface area (TPSA) is 42.3 Å². The van der Waals surface area contributed by atoms with Crippen molar-refractivity contribution in [1.29, 1.82) is 0 Å². The van der Waals surface area contributed by atoms with E-state index in [9.17, 15) is 0 Å². The van der Waals surface area contributed by atoms with Gasteiger partial charge in [0.15, 0.2) is 0 Å². The Labute approximate surface area is 116 Å². The fourth-order valence-electron chi connectivity index (χ4n) is 2.37. The second kappa shape index (κ2) is 8.30. The van der Waals surface area contributed by atoms with Crippen molar-refractivity contribution in [3.8, 4) is 0 Å². The van der Waals surface area contributed by atoms with Gasteiger partial charge < -0.3 is 14.6 Å². The molecular weight excluding hydrogens is 240 g/mol. The molecule has 19 heavy (non-hydrogen) atoms. The summed E-state index contributed by atoms with van der Waals surface area (Å²) in [5.41, 5.74) is 0. The summed E-state index contributed by atoms with van der Waals surface area (Å²) in [5.74, 6) is 1.20. The molecular formula is C14H26N4O. The monoisotopic (exact) mass is 266 g/mol. The zero-order valence-corrected chi connectivity index (χ0v) is 12.0. The minimum absolute atomic E-state index is 0.831. The zero-order valence-electron chi connectivity index (χ0n) is 12.0. The molecule has 2 heterocycles. The van der Waals surface area contributed by atoms with Crippen LogP contribution in [0.4, 0.5) is 0 Å². The highest BCUT2D eigenvalue weighted by atomic mass is 16.5. The van der Waals surface area contributed by atoms with Gasteiger partial charge in [-0.3, -0.25) is 4.90 Å². The molecule has 0 aliphatic carbocycles. The van der Waals surface area contributed by atoms with Crippen molar-refractivity contribution in [2.75, 3.05) is 39.4 Å². The van der Waals surface area contributed by atoms with E-state index in [-0.39, 0.29) is 0 Å². The molecule has 5 nitrogen and oxygen atoms in total. The molecule has 0 spiro atoms. The number of aromatic nitrogens is 2. The first kappa shape index (κ1) is 14.5. The molecule has 0 aromatic carbocycles. The van der Waals surface area contributed by atoms with E-state index in [1.54, 1.807) is 0 Å². The lowest BCUT2D eigenvalue weighted by molar-refractivity contribution is 0.143. The number of nitrogens with zero attached hydrogens (tertiary/aromatic N) is 3. The Morgan fingerprint density at radius 3 is 3.16 bits per heavy atom. The lowest BCUT2D eigenvalue weighted by atomic mass is 10.3. The van der Waals surface area contributed by atoms with E-state index in [1.807, 2.05) is 13.1 Å². The third kappa shape index (κ3) is 4.93. The van der Waals surface area contributed by atoms with Crippen molar-refractivity contribution in [2.24, 2.45) is 0 Å². The molecule has 1 aliphatic heterocycles. The number of rotatable bonds is 9. The van der Waals surface area contributed by atoms with E-state index >= 15 is 0 Å². The van der Waals surface area contributed by atoms with Crippen LogP contribution in [0, 0.1) is 0 Å². The molecule has 0 saturated heterocycles. The van der Waals surface area contributed by atoms with Crippen molar-refractivity contribution in [3.63, 3.8) is 0 Å². The van der Waals surface area contributed by atoms with Gasteiger partial charge in [0.1, 0.15) is 5.82 Å². The molecule has 5 heteroatoms. The molecule has 0 saturated carbocycles. The lowest BCUT2D eigenvalue weighted by Crippen LogP contribution is -2.38. The Kier molecular flexibility index (Phi) is 6.33. The van der Waals surface area contributed by atoms with Gasteiger partial charge in [-0.15, -0.1) is 0 Å². The summed E-state index contributed by atoms with van der Waals surface area (Å²) in [4.78, 5) is 6.85. The van der Waals surface area contributed by atoms with E-state index < -0.39 is 0 Å². The van der Waals surface area contributed by atoms with Crippen molar-refractivity contribution in [1.82, 2.24) is 19.8 Å². The molecule has 1 aromatic heterocycles. The van der Waals surface area contributed by atoms with E-state index in [0.717, 1.165) is 58.9 Å². The normalized spacial score (nSPS) is 15.6. The maximum Gasteiger partial charge on any atom is 0.122 e. The minimum atomic E-state index is 0.831. The standard InChI is InChI=1S/C14H26N4O/c1-2-19-12-4-3-5-15-6-8-17-10-11-18-9-7-16-14(18)13-17/h7,9,15H,2-6,8,10-13H2,1H3. The predicted octanol–water partition coefficient (Wildman–Crippen LogP) is 1.11. The summed E-state index contributed by atoms with van der Waals surface area (Å²) in [6, 6.07) is 0. The molecule has 1 aromatic rings. The van der Waals surface area contributed by atoms with Crippen LogP contribution in [0.5, 0.6) is 0 Å². The van der Waals surface area contributed by atoms with E-state index in [0.29, 0.717) is 0 Å². The Balaban J connectivity index is 1.48. The van der Waals surface area contributed by atoms with E-state index in [1.165, 1.54) is 12.2 Å². The Hall–Kier alpha value is -0.910. The fourth-order valence-corrected chi connectivity index (χ4v) is 2.37. The van der Waals surface area contributed by atoms with Gasteiger partial charge in [0.25, 0.3) is 0 Å². The van der Waals surface area contributed by atoms with Gasteiger partial charge in [0.05, 0.1) is 6.54 Å². The average molecular weight is 266 g/mol. The van der Waals surface area contributed by atoms with E-state index in [4.69, 9.17) is 4.74 Å². The van der Waals surface area contributed by atoms with Crippen LogP contribution in [0.25, 0.3) is 0 Å². The van der Waals surface area contributed by atoms with Crippen molar-refractivity contribution in [3.05, 3.63) is 18.2 Å². The molecule has 1 aliphatic rings. The summed E-state index contributed by atoms with van der Waals surface area (Å²) >= 11 is 0. The highest BCUT2D eigenvalue weighted by Gasteiger charge is 2.15. The lowest BCUT2D eigenvalue weighted by Gasteiger charge is -2.27. The quantitative estimate of drug-likeness (QED) is 0.680. The molecule has 0 bridgehead atoms. The van der Waals surface area contributed by atoms with Crippen LogP contribution in [0.2, 0.25) is 0 Å². The van der Waals surface area contributed by atoms with Gasteiger partial charge in [-0.2, -0.15) is 0 Å². The highest BCUT2D eigenvalue weighted by Crippen LogP contribution is 2.08. The second-order valence-electron chi connectivity index (χ2n) is 4.97. The number of fused-ring (bicyclic) bond motifs is 1. The summed E-state index contributed by atoms with van der Waals surface area (Å²) in [6.07, 6.45) is 6.32.